The van der Waals surface area contributed by atoms with Gasteiger partial charge in [0.2, 0.25) is 0 Å². The number of ether oxygens (including phenoxy) is 3. The third kappa shape index (κ3) is 5.78. The summed E-state index contributed by atoms with van der Waals surface area (Å²) < 4.78 is 31.0. The van der Waals surface area contributed by atoms with Crippen LogP contribution in [0.2, 0.25) is 0 Å². The van der Waals surface area contributed by atoms with Crippen LogP contribution in [-0.4, -0.2) is 51.5 Å². The van der Waals surface area contributed by atoms with Gasteiger partial charge in [-0.25, -0.2) is 4.39 Å². The van der Waals surface area contributed by atoms with Gasteiger partial charge in [0.1, 0.15) is 12.4 Å². The average Bonchev–Trinajstić information content (AvgIpc) is 3.56. The largest absolute Gasteiger partial charge is 0.493 e. The average molecular weight is 458 g/mol. The highest BCUT2D eigenvalue weighted by atomic mass is 19.1. The Morgan fingerprint density at radius 3 is 2.61 bits per heavy atom. The molecular formula is C24H32FN5O3. The van der Waals surface area contributed by atoms with Crippen molar-refractivity contribution < 1.29 is 18.6 Å². The SMILES string of the molecule is C/C=N/c1cc(OC)c(OCCOC)cc1/C(=N\C)NC(C)c1cc(N)cc(C2(F)CC2)n1. The summed E-state index contributed by atoms with van der Waals surface area (Å²) in [6, 6.07) is 6.70. The Balaban J connectivity index is 1.93. The molecule has 3 N–H and O–H groups in total. The Morgan fingerprint density at radius 2 is 2.00 bits per heavy atom. The zero-order valence-electron chi connectivity index (χ0n) is 19.8. The van der Waals surface area contributed by atoms with Crippen LogP contribution in [0, 0.1) is 0 Å². The van der Waals surface area contributed by atoms with Crippen LogP contribution in [0.1, 0.15) is 49.7 Å². The summed E-state index contributed by atoms with van der Waals surface area (Å²) in [5.41, 5.74) is 7.58. The number of hydrogen-bond acceptors (Lipinski definition) is 7. The number of anilines is 1. The summed E-state index contributed by atoms with van der Waals surface area (Å²) in [5, 5.41) is 3.37. The predicted molar refractivity (Wildman–Crippen MR) is 129 cm³/mol. The number of nitrogens with one attached hydrogen (secondary N) is 1. The van der Waals surface area contributed by atoms with Crippen molar-refractivity contribution in [3.8, 4) is 11.5 Å². The second-order valence-corrected chi connectivity index (χ2v) is 7.86. The molecule has 1 heterocycles. The molecule has 1 unspecified atom stereocenters. The summed E-state index contributed by atoms with van der Waals surface area (Å²) in [7, 11) is 4.87. The molecule has 0 saturated heterocycles. The number of amidine groups is 1. The van der Waals surface area contributed by atoms with E-state index in [0.717, 1.165) is 5.56 Å². The third-order valence-corrected chi connectivity index (χ3v) is 5.39. The predicted octanol–water partition coefficient (Wildman–Crippen LogP) is 4.11. The second kappa shape index (κ2) is 10.6. The van der Waals surface area contributed by atoms with Crippen LogP contribution in [0.15, 0.2) is 34.3 Å². The van der Waals surface area contributed by atoms with Gasteiger partial charge in [-0.05, 0) is 44.9 Å². The van der Waals surface area contributed by atoms with Crippen LogP contribution in [-0.2, 0) is 10.4 Å². The van der Waals surface area contributed by atoms with E-state index < -0.39 is 5.67 Å². The van der Waals surface area contributed by atoms with E-state index in [9.17, 15) is 4.39 Å². The second-order valence-electron chi connectivity index (χ2n) is 7.86. The van der Waals surface area contributed by atoms with Gasteiger partial charge in [-0.2, -0.15) is 0 Å². The van der Waals surface area contributed by atoms with Crippen LogP contribution in [0.3, 0.4) is 0 Å². The minimum Gasteiger partial charge on any atom is -0.493 e. The molecule has 1 atom stereocenters. The summed E-state index contributed by atoms with van der Waals surface area (Å²) >= 11 is 0. The normalized spacial score (nSPS) is 16.0. The molecule has 9 heteroatoms. The van der Waals surface area contributed by atoms with E-state index in [-0.39, 0.29) is 6.04 Å². The molecule has 1 aromatic heterocycles. The molecule has 0 aliphatic heterocycles. The van der Waals surface area contributed by atoms with Gasteiger partial charge in [-0.15, -0.1) is 0 Å². The smallest absolute Gasteiger partial charge is 0.162 e. The summed E-state index contributed by atoms with van der Waals surface area (Å²) in [4.78, 5) is 13.5. The number of aromatic nitrogens is 1. The van der Waals surface area contributed by atoms with E-state index in [2.05, 4.69) is 20.3 Å². The van der Waals surface area contributed by atoms with Gasteiger partial charge in [-0.1, -0.05) is 0 Å². The molecule has 0 radical (unpaired) electrons. The molecule has 1 aliphatic rings. The lowest BCUT2D eigenvalue weighted by atomic mass is 10.1. The van der Waals surface area contributed by atoms with Crippen LogP contribution in [0.25, 0.3) is 0 Å². The Hall–Kier alpha value is -3.20. The van der Waals surface area contributed by atoms with Crippen LogP contribution in [0.4, 0.5) is 15.8 Å². The number of aliphatic imine (C=N–C) groups is 2. The van der Waals surface area contributed by atoms with E-state index >= 15 is 0 Å². The van der Waals surface area contributed by atoms with E-state index in [1.807, 2.05) is 19.9 Å². The number of nitrogens with zero attached hydrogens (tertiary/aromatic N) is 3. The van der Waals surface area contributed by atoms with Crippen molar-refractivity contribution in [2.24, 2.45) is 9.98 Å². The maximum atomic E-state index is 14.6. The maximum absolute atomic E-state index is 14.6. The molecule has 1 aromatic carbocycles. The number of methoxy groups -OCH3 is 2. The fourth-order valence-electron chi connectivity index (χ4n) is 3.42. The molecule has 2 aromatic rings. The van der Waals surface area contributed by atoms with E-state index in [4.69, 9.17) is 19.9 Å². The lowest BCUT2D eigenvalue weighted by Gasteiger charge is -2.20. The molecular weight excluding hydrogens is 425 g/mol. The number of nitrogen functional groups attached to an aromatic ring is 1. The highest BCUT2D eigenvalue weighted by Gasteiger charge is 2.46. The number of nitrogens with two attached hydrogens (primary N) is 1. The molecule has 0 spiro atoms. The number of hydrogen-bond donors (Lipinski definition) is 2. The fourth-order valence-corrected chi connectivity index (χ4v) is 3.42. The van der Waals surface area contributed by atoms with Crippen LogP contribution < -0.4 is 20.5 Å². The Bertz CT molecular complexity index is 1040. The molecule has 1 aliphatic carbocycles. The zero-order chi connectivity index (χ0) is 24.0. The third-order valence-electron chi connectivity index (χ3n) is 5.39. The number of pyridine rings is 1. The first-order valence-electron chi connectivity index (χ1n) is 10.9. The highest BCUT2D eigenvalue weighted by molar-refractivity contribution is 6.04. The number of rotatable bonds is 10. The van der Waals surface area contributed by atoms with Crippen LogP contribution >= 0.6 is 0 Å². The van der Waals surface area contributed by atoms with Gasteiger partial charge in [-0.3, -0.25) is 15.0 Å². The topological polar surface area (TPSA) is 103 Å². The summed E-state index contributed by atoms with van der Waals surface area (Å²) in [6.07, 6.45) is 2.65. The van der Waals surface area contributed by atoms with Crippen molar-refractivity contribution in [3.63, 3.8) is 0 Å². The Morgan fingerprint density at radius 1 is 1.24 bits per heavy atom. The number of halogens is 1. The number of benzene rings is 1. The first kappa shape index (κ1) is 24.4. The van der Waals surface area contributed by atoms with Crippen molar-refractivity contribution >= 4 is 23.4 Å². The van der Waals surface area contributed by atoms with Crippen molar-refractivity contribution in [2.45, 2.75) is 38.4 Å². The molecule has 33 heavy (non-hydrogen) atoms. The van der Waals surface area contributed by atoms with Crippen molar-refractivity contribution in [3.05, 3.63) is 41.2 Å². The molecule has 0 amide bonds. The standard InChI is InChI=1S/C24H32FN5O3/c1-6-28-19-14-20(32-5)21(33-10-9-31-4)13-17(19)23(27-3)29-15(2)18-11-16(26)12-22(30-18)24(25)7-8-24/h6,11-15H,7-10H2,1-5H3,(H2,26,30)(H,27,29)/b28-6+. The lowest BCUT2D eigenvalue weighted by molar-refractivity contribution is 0.144. The molecule has 8 nitrogen and oxygen atoms in total. The maximum Gasteiger partial charge on any atom is 0.162 e. The van der Waals surface area contributed by atoms with Gasteiger partial charge in [0, 0.05) is 37.7 Å². The fraction of sp³-hybridized carbons (Fsp3) is 0.458. The van der Waals surface area contributed by atoms with Crippen LogP contribution in [0.5, 0.6) is 11.5 Å². The van der Waals surface area contributed by atoms with E-state index in [0.29, 0.717) is 66.2 Å². The van der Waals surface area contributed by atoms with Gasteiger partial charge in [0.25, 0.3) is 0 Å². The number of alkyl halides is 1. The van der Waals surface area contributed by atoms with Crippen molar-refractivity contribution in [1.82, 2.24) is 10.3 Å². The van der Waals surface area contributed by atoms with Gasteiger partial charge >= 0.3 is 0 Å². The zero-order valence-corrected chi connectivity index (χ0v) is 19.8. The monoisotopic (exact) mass is 457 g/mol. The Kier molecular flexibility index (Phi) is 7.86. The van der Waals surface area contributed by atoms with Crippen molar-refractivity contribution in [2.75, 3.05) is 40.2 Å². The van der Waals surface area contributed by atoms with E-state index in [1.165, 1.54) is 0 Å². The summed E-state index contributed by atoms with van der Waals surface area (Å²) in [5.74, 6) is 1.68. The lowest BCUT2D eigenvalue weighted by Crippen LogP contribution is -2.29. The molecule has 178 valence electrons. The minimum atomic E-state index is -1.36. The Labute approximate surface area is 194 Å². The first-order chi connectivity index (χ1) is 15.8. The quantitative estimate of drug-likeness (QED) is 0.316. The summed E-state index contributed by atoms with van der Waals surface area (Å²) in [6.45, 7) is 4.57. The van der Waals surface area contributed by atoms with Gasteiger partial charge in [0.15, 0.2) is 17.2 Å². The van der Waals surface area contributed by atoms with Crippen molar-refractivity contribution in [1.29, 1.82) is 0 Å². The van der Waals surface area contributed by atoms with Gasteiger partial charge in [0.05, 0.1) is 36.8 Å². The van der Waals surface area contributed by atoms with Gasteiger partial charge < -0.3 is 25.3 Å². The molecule has 1 fully saturated rings. The first-order valence-corrected chi connectivity index (χ1v) is 10.9. The molecule has 0 bridgehead atoms. The highest BCUT2D eigenvalue weighted by Crippen LogP contribution is 2.49. The van der Waals surface area contributed by atoms with E-state index in [1.54, 1.807) is 45.7 Å². The molecule has 3 rings (SSSR count). The molecule has 1 saturated carbocycles. The minimum absolute atomic E-state index is 0.285.